The molecule has 2 aromatic carbocycles. The summed E-state index contributed by atoms with van der Waals surface area (Å²) in [7, 11) is -2.40. The van der Waals surface area contributed by atoms with E-state index in [1.54, 1.807) is 12.4 Å². The van der Waals surface area contributed by atoms with Crippen LogP contribution in [0.1, 0.15) is 17.7 Å². The Morgan fingerprint density at radius 1 is 1.19 bits per heavy atom. The van der Waals surface area contributed by atoms with Gasteiger partial charge in [0.1, 0.15) is 16.5 Å². The molecule has 3 aromatic rings. The van der Waals surface area contributed by atoms with Gasteiger partial charge in [0.05, 0.1) is 17.0 Å². The molecule has 0 spiro atoms. The summed E-state index contributed by atoms with van der Waals surface area (Å²) in [6, 6.07) is 12.4. The van der Waals surface area contributed by atoms with Crippen LogP contribution in [0.5, 0.6) is 0 Å². The standard InChI is InChI=1S/C22H23F2N3O2S2/c1-26(18-7-8-27(12-18)11-16-5-3-2-4-6-16)19-9-20(23)22(21(24)10-19)31(28,29)14-17-13-30-15-25-17/h2-6,9-10,13,15,18H,7-8,11-12,14H2,1H3/t18-/m0/s1. The number of sulfone groups is 1. The Labute approximate surface area is 184 Å². The summed E-state index contributed by atoms with van der Waals surface area (Å²) >= 11 is 1.23. The Morgan fingerprint density at radius 3 is 2.55 bits per heavy atom. The molecule has 164 valence electrons. The van der Waals surface area contributed by atoms with Gasteiger partial charge in [-0.2, -0.15) is 0 Å². The van der Waals surface area contributed by atoms with E-state index in [-0.39, 0.29) is 11.7 Å². The lowest BCUT2D eigenvalue weighted by molar-refractivity contribution is 0.326. The van der Waals surface area contributed by atoms with Crippen LogP contribution in [0.15, 0.2) is 58.3 Å². The molecule has 0 radical (unpaired) electrons. The quantitative estimate of drug-likeness (QED) is 0.528. The molecule has 0 saturated carbocycles. The lowest BCUT2D eigenvalue weighted by Crippen LogP contribution is -2.34. The summed E-state index contributed by atoms with van der Waals surface area (Å²) in [6.07, 6.45) is 0.858. The number of thiazole rings is 1. The van der Waals surface area contributed by atoms with Gasteiger partial charge in [-0.05, 0) is 24.1 Å². The molecule has 0 amide bonds. The van der Waals surface area contributed by atoms with Crippen LogP contribution in [-0.2, 0) is 22.1 Å². The monoisotopic (exact) mass is 463 g/mol. The highest BCUT2D eigenvalue weighted by Crippen LogP contribution is 2.30. The summed E-state index contributed by atoms with van der Waals surface area (Å²) in [4.78, 5) is 7.14. The van der Waals surface area contributed by atoms with Crippen LogP contribution in [0.2, 0.25) is 0 Å². The van der Waals surface area contributed by atoms with E-state index in [0.717, 1.165) is 38.2 Å². The SMILES string of the molecule is CN(c1cc(F)c(S(=O)(=O)Cc2cscn2)c(F)c1)[C@H]1CCN(Cc2ccccc2)C1. The minimum absolute atomic E-state index is 0.0833. The fourth-order valence-electron chi connectivity index (χ4n) is 3.95. The molecule has 4 rings (SSSR count). The number of aromatic nitrogens is 1. The minimum Gasteiger partial charge on any atom is -0.370 e. The van der Waals surface area contributed by atoms with Crippen molar-refractivity contribution >= 4 is 26.9 Å². The van der Waals surface area contributed by atoms with E-state index in [0.29, 0.717) is 5.69 Å². The van der Waals surface area contributed by atoms with Crippen molar-refractivity contribution in [2.45, 2.75) is 29.7 Å². The van der Waals surface area contributed by atoms with Gasteiger partial charge in [0, 0.05) is 43.8 Å². The molecule has 0 unspecified atom stereocenters. The maximum absolute atomic E-state index is 14.8. The van der Waals surface area contributed by atoms with Crippen LogP contribution in [0.25, 0.3) is 0 Å². The van der Waals surface area contributed by atoms with Crippen molar-refractivity contribution < 1.29 is 17.2 Å². The van der Waals surface area contributed by atoms with E-state index < -0.39 is 32.1 Å². The number of anilines is 1. The zero-order valence-corrected chi connectivity index (χ0v) is 18.7. The molecular weight excluding hydrogens is 440 g/mol. The first-order chi connectivity index (χ1) is 14.8. The first-order valence-electron chi connectivity index (χ1n) is 9.91. The summed E-state index contributed by atoms with van der Waals surface area (Å²) in [5.41, 5.74) is 3.30. The number of hydrogen-bond acceptors (Lipinski definition) is 6. The molecule has 1 aliphatic rings. The summed E-state index contributed by atoms with van der Waals surface area (Å²) in [5.74, 6) is -2.68. The Morgan fingerprint density at radius 2 is 1.90 bits per heavy atom. The number of hydrogen-bond donors (Lipinski definition) is 0. The summed E-state index contributed by atoms with van der Waals surface area (Å²) in [6.45, 7) is 2.47. The predicted molar refractivity (Wildman–Crippen MR) is 118 cm³/mol. The van der Waals surface area contributed by atoms with Crippen molar-refractivity contribution in [3.05, 3.63) is 76.2 Å². The van der Waals surface area contributed by atoms with E-state index in [9.17, 15) is 17.2 Å². The van der Waals surface area contributed by atoms with Gasteiger partial charge < -0.3 is 4.90 Å². The van der Waals surface area contributed by atoms with Gasteiger partial charge in [0.2, 0.25) is 0 Å². The highest BCUT2D eigenvalue weighted by Gasteiger charge is 2.30. The highest BCUT2D eigenvalue weighted by molar-refractivity contribution is 7.90. The number of benzene rings is 2. The van der Waals surface area contributed by atoms with Crippen LogP contribution >= 0.6 is 11.3 Å². The number of halogens is 2. The average Bonchev–Trinajstić information content (AvgIpc) is 3.39. The molecule has 1 aromatic heterocycles. The van der Waals surface area contributed by atoms with Gasteiger partial charge in [0.15, 0.2) is 9.84 Å². The molecule has 0 N–H and O–H groups in total. The highest BCUT2D eigenvalue weighted by atomic mass is 32.2. The van der Waals surface area contributed by atoms with Gasteiger partial charge in [0.25, 0.3) is 0 Å². The van der Waals surface area contributed by atoms with Crippen molar-refractivity contribution in [1.29, 1.82) is 0 Å². The van der Waals surface area contributed by atoms with Crippen molar-refractivity contribution in [3.63, 3.8) is 0 Å². The predicted octanol–water partition coefficient (Wildman–Crippen LogP) is 4.11. The van der Waals surface area contributed by atoms with Gasteiger partial charge in [-0.3, -0.25) is 4.90 Å². The van der Waals surface area contributed by atoms with Crippen LogP contribution in [0.3, 0.4) is 0 Å². The molecule has 1 atom stereocenters. The molecule has 1 fully saturated rings. The lowest BCUT2D eigenvalue weighted by atomic mass is 10.2. The summed E-state index contributed by atoms with van der Waals surface area (Å²) < 4.78 is 54.7. The third kappa shape index (κ3) is 4.94. The van der Waals surface area contributed by atoms with Gasteiger partial charge in [-0.1, -0.05) is 30.3 Å². The van der Waals surface area contributed by atoms with Crippen molar-refractivity contribution in [2.24, 2.45) is 0 Å². The Kier molecular flexibility index (Phi) is 6.36. The first kappa shape index (κ1) is 21.9. The molecule has 5 nitrogen and oxygen atoms in total. The molecular formula is C22H23F2N3O2S2. The van der Waals surface area contributed by atoms with E-state index in [1.165, 1.54) is 22.4 Å². The topological polar surface area (TPSA) is 53.5 Å². The maximum atomic E-state index is 14.8. The number of likely N-dealkylation sites (N-methyl/N-ethyl adjacent to an activating group) is 1. The maximum Gasteiger partial charge on any atom is 0.189 e. The van der Waals surface area contributed by atoms with Crippen LogP contribution in [0, 0.1) is 11.6 Å². The van der Waals surface area contributed by atoms with Crippen LogP contribution in [-0.4, -0.2) is 44.5 Å². The Bertz CT molecular complexity index is 1120. The smallest absolute Gasteiger partial charge is 0.189 e. The molecule has 1 saturated heterocycles. The number of rotatable bonds is 7. The third-order valence-electron chi connectivity index (χ3n) is 5.57. The lowest BCUT2D eigenvalue weighted by Gasteiger charge is -2.27. The molecule has 1 aliphatic heterocycles. The molecule has 2 heterocycles. The Balaban J connectivity index is 1.49. The number of nitrogens with zero attached hydrogens (tertiary/aromatic N) is 3. The molecule has 9 heteroatoms. The zero-order chi connectivity index (χ0) is 22.0. The molecule has 31 heavy (non-hydrogen) atoms. The average molecular weight is 464 g/mol. The van der Waals surface area contributed by atoms with Gasteiger partial charge in [-0.15, -0.1) is 11.3 Å². The van der Waals surface area contributed by atoms with E-state index >= 15 is 0 Å². The largest absolute Gasteiger partial charge is 0.370 e. The third-order valence-corrected chi connectivity index (χ3v) is 7.89. The minimum atomic E-state index is -4.18. The van der Waals surface area contributed by atoms with E-state index in [4.69, 9.17) is 0 Å². The van der Waals surface area contributed by atoms with Crippen molar-refractivity contribution in [2.75, 3.05) is 25.0 Å². The second-order valence-corrected chi connectivity index (χ2v) is 10.4. The van der Waals surface area contributed by atoms with E-state index in [2.05, 4.69) is 22.0 Å². The number of likely N-dealkylation sites (tertiary alicyclic amines) is 1. The van der Waals surface area contributed by atoms with Crippen LogP contribution in [0.4, 0.5) is 14.5 Å². The van der Waals surface area contributed by atoms with Gasteiger partial charge in [-0.25, -0.2) is 22.2 Å². The summed E-state index contributed by atoms with van der Waals surface area (Å²) in [5, 5.41) is 1.55. The molecule has 0 bridgehead atoms. The fraction of sp³-hybridized carbons (Fsp3) is 0.318. The van der Waals surface area contributed by atoms with Crippen molar-refractivity contribution in [1.82, 2.24) is 9.88 Å². The van der Waals surface area contributed by atoms with Crippen molar-refractivity contribution in [3.8, 4) is 0 Å². The van der Waals surface area contributed by atoms with Crippen LogP contribution < -0.4 is 4.90 Å². The Hall–Kier alpha value is -2.36. The van der Waals surface area contributed by atoms with E-state index in [1.807, 2.05) is 23.1 Å². The van der Waals surface area contributed by atoms with Gasteiger partial charge >= 0.3 is 0 Å². The molecule has 0 aliphatic carbocycles. The zero-order valence-electron chi connectivity index (χ0n) is 17.0. The first-order valence-corrected chi connectivity index (χ1v) is 12.5. The second-order valence-electron chi connectivity index (χ2n) is 7.75. The second kappa shape index (κ2) is 9.02. The normalized spacial score (nSPS) is 17.2. The fourth-order valence-corrected chi connectivity index (χ4v) is 6.01.